The summed E-state index contributed by atoms with van der Waals surface area (Å²) in [5.74, 6) is -0.0247. The summed E-state index contributed by atoms with van der Waals surface area (Å²) >= 11 is 0. The summed E-state index contributed by atoms with van der Waals surface area (Å²) in [5.41, 5.74) is 1.02. The molecule has 138 valence electrons. The molecule has 6 nitrogen and oxygen atoms in total. The number of hydrogen-bond acceptors (Lipinski definition) is 3. The molecule has 0 aromatic heterocycles. The quantitative estimate of drug-likeness (QED) is 0.809. The molecule has 2 aliphatic rings. The van der Waals surface area contributed by atoms with Crippen LogP contribution in [0, 0.1) is 6.92 Å². The minimum atomic E-state index is -3.62. The molecule has 7 heteroatoms. The number of amides is 1. The Labute approximate surface area is 150 Å². The number of piperazine rings is 1. The van der Waals surface area contributed by atoms with Crippen LogP contribution in [0.15, 0.2) is 29.2 Å². The van der Waals surface area contributed by atoms with Gasteiger partial charge in [0.25, 0.3) is 0 Å². The summed E-state index contributed by atoms with van der Waals surface area (Å²) in [6.07, 6.45) is 1.35. The van der Waals surface area contributed by atoms with Crippen molar-refractivity contribution >= 4 is 15.9 Å². The van der Waals surface area contributed by atoms with Gasteiger partial charge in [0.2, 0.25) is 15.9 Å². The van der Waals surface area contributed by atoms with E-state index < -0.39 is 16.1 Å². The van der Waals surface area contributed by atoms with E-state index in [0.29, 0.717) is 13.0 Å². The van der Waals surface area contributed by atoms with Crippen molar-refractivity contribution in [2.45, 2.75) is 37.6 Å². The minimum absolute atomic E-state index is 0.0247. The molecule has 2 heterocycles. The molecule has 0 unspecified atom stereocenters. The topological polar surface area (TPSA) is 62.1 Å². The van der Waals surface area contributed by atoms with Gasteiger partial charge >= 0.3 is 0 Å². The maximum Gasteiger partial charge on any atom is 0.243 e. The number of nitrogens with one attached hydrogen (secondary N) is 1. The third kappa shape index (κ3) is 3.73. The van der Waals surface area contributed by atoms with Crippen molar-refractivity contribution in [3.05, 3.63) is 29.8 Å². The van der Waals surface area contributed by atoms with Crippen LogP contribution >= 0.6 is 0 Å². The molecule has 0 radical (unpaired) electrons. The number of quaternary nitrogens is 1. The van der Waals surface area contributed by atoms with Gasteiger partial charge in [0.05, 0.1) is 37.6 Å². The highest BCUT2D eigenvalue weighted by Gasteiger charge is 2.41. The number of carbonyl (C=O) groups excluding carboxylic acids is 1. The van der Waals surface area contributed by atoms with Crippen LogP contribution in [0.25, 0.3) is 0 Å². The van der Waals surface area contributed by atoms with Crippen molar-refractivity contribution in [1.82, 2.24) is 9.21 Å². The molecule has 1 aromatic rings. The van der Waals surface area contributed by atoms with E-state index in [-0.39, 0.29) is 10.8 Å². The molecule has 2 fully saturated rings. The number of likely N-dealkylation sites (N-methyl/N-ethyl adjacent to an activating group) is 1. The van der Waals surface area contributed by atoms with Gasteiger partial charge in [-0.2, -0.15) is 4.31 Å². The molecule has 3 rings (SSSR count). The van der Waals surface area contributed by atoms with E-state index in [1.165, 1.54) is 9.21 Å². The van der Waals surface area contributed by atoms with E-state index in [0.717, 1.165) is 44.7 Å². The van der Waals surface area contributed by atoms with Crippen LogP contribution in [0.5, 0.6) is 0 Å². The van der Waals surface area contributed by atoms with Gasteiger partial charge in [-0.3, -0.25) is 4.79 Å². The first-order valence-electron chi connectivity index (χ1n) is 9.14. The molecule has 1 N–H and O–H groups in total. The van der Waals surface area contributed by atoms with Crippen LogP contribution < -0.4 is 4.90 Å². The second-order valence-corrected chi connectivity index (χ2v) is 8.91. The Hall–Kier alpha value is -1.44. The van der Waals surface area contributed by atoms with Crippen LogP contribution in [-0.2, 0) is 14.8 Å². The maximum atomic E-state index is 13.0. The first-order chi connectivity index (χ1) is 11.9. The lowest BCUT2D eigenvalue weighted by molar-refractivity contribution is -0.902. The highest BCUT2D eigenvalue weighted by Crippen LogP contribution is 2.27. The van der Waals surface area contributed by atoms with Crippen molar-refractivity contribution < 1.29 is 18.1 Å². The first-order valence-corrected chi connectivity index (χ1v) is 10.6. The normalized spacial score (nSPS) is 23.1. The maximum absolute atomic E-state index is 13.0. The largest absolute Gasteiger partial charge is 0.332 e. The van der Waals surface area contributed by atoms with E-state index in [2.05, 4.69) is 6.92 Å². The highest BCUT2D eigenvalue weighted by atomic mass is 32.2. The summed E-state index contributed by atoms with van der Waals surface area (Å²) in [4.78, 5) is 16.6. The van der Waals surface area contributed by atoms with Gasteiger partial charge in [-0.1, -0.05) is 17.7 Å². The predicted molar refractivity (Wildman–Crippen MR) is 95.9 cm³/mol. The number of aryl methyl sites for hydroxylation is 1. The molecule has 2 aliphatic heterocycles. The molecule has 0 saturated carbocycles. The lowest BCUT2D eigenvalue weighted by Gasteiger charge is -2.34. The Morgan fingerprint density at radius 3 is 2.40 bits per heavy atom. The molecule has 0 aliphatic carbocycles. The lowest BCUT2D eigenvalue weighted by atomic mass is 10.2. The Morgan fingerprint density at radius 2 is 1.80 bits per heavy atom. The highest BCUT2D eigenvalue weighted by molar-refractivity contribution is 7.89. The third-order valence-electron chi connectivity index (χ3n) is 5.40. The van der Waals surface area contributed by atoms with Crippen molar-refractivity contribution in [2.75, 3.05) is 39.3 Å². The van der Waals surface area contributed by atoms with Gasteiger partial charge in [-0.05, 0) is 38.8 Å². The first kappa shape index (κ1) is 18.4. The SMILES string of the molecule is CC[NH+]1CCN(C(=O)[C@@H]2CCCN2S(=O)(=O)c2ccc(C)cc2)CC1. The van der Waals surface area contributed by atoms with Gasteiger partial charge in [0, 0.05) is 6.54 Å². The number of carbonyl (C=O) groups is 1. The van der Waals surface area contributed by atoms with E-state index in [9.17, 15) is 13.2 Å². The van der Waals surface area contributed by atoms with Crippen LogP contribution in [0.2, 0.25) is 0 Å². The van der Waals surface area contributed by atoms with Gasteiger partial charge in [0.1, 0.15) is 6.04 Å². The molecule has 1 aromatic carbocycles. The van der Waals surface area contributed by atoms with Crippen molar-refractivity contribution in [2.24, 2.45) is 0 Å². The zero-order valence-electron chi connectivity index (χ0n) is 15.1. The Kier molecular flexibility index (Phi) is 5.46. The van der Waals surface area contributed by atoms with Crippen LogP contribution in [0.4, 0.5) is 0 Å². The number of hydrogen-bond donors (Lipinski definition) is 1. The van der Waals surface area contributed by atoms with Gasteiger partial charge in [0.15, 0.2) is 0 Å². The number of rotatable bonds is 4. The fourth-order valence-electron chi connectivity index (χ4n) is 3.73. The molecule has 2 saturated heterocycles. The molecule has 1 atom stereocenters. The fourth-order valence-corrected chi connectivity index (χ4v) is 5.38. The van der Waals surface area contributed by atoms with Crippen molar-refractivity contribution in [3.8, 4) is 0 Å². The fraction of sp³-hybridized carbons (Fsp3) is 0.611. The van der Waals surface area contributed by atoms with E-state index in [1.807, 2.05) is 11.8 Å². The van der Waals surface area contributed by atoms with Crippen LogP contribution in [0.3, 0.4) is 0 Å². The monoisotopic (exact) mass is 366 g/mol. The second kappa shape index (κ2) is 7.43. The van der Waals surface area contributed by atoms with Gasteiger partial charge in [-0.15, -0.1) is 0 Å². The lowest BCUT2D eigenvalue weighted by Crippen LogP contribution is -3.14. The number of sulfonamides is 1. The van der Waals surface area contributed by atoms with Gasteiger partial charge in [-0.25, -0.2) is 8.42 Å². The van der Waals surface area contributed by atoms with Gasteiger partial charge < -0.3 is 9.80 Å². The summed E-state index contributed by atoms with van der Waals surface area (Å²) in [7, 11) is -3.62. The zero-order chi connectivity index (χ0) is 18.0. The molecule has 1 amide bonds. The summed E-state index contributed by atoms with van der Waals surface area (Å²) < 4.78 is 27.4. The van der Waals surface area contributed by atoms with E-state index >= 15 is 0 Å². The van der Waals surface area contributed by atoms with E-state index in [4.69, 9.17) is 0 Å². The Balaban J connectivity index is 1.76. The Morgan fingerprint density at radius 1 is 1.16 bits per heavy atom. The molecule has 0 bridgehead atoms. The van der Waals surface area contributed by atoms with E-state index in [1.54, 1.807) is 24.3 Å². The summed E-state index contributed by atoms with van der Waals surface area (Å²) in [6, 6.07) is 6.32. The number of benzene rings is 1. The number of nitrogens with zero attached hydrogens (tertiary/aromatic N) is 2. The van der Waals surface area contributed by atoms with Crippen LogP contribution in [0.1, 0.15) is 25.3 Å². The zero-order valence-corrected chi connectivity index (χ0v) is 15.9. The molecular weight excluding hydrogens is 338 g/mol. The molecule has 0 spiro atoms. The summed E-state index contributed by atoms with van der Waals surface area (Å²) in [6.45, 7) is 8.90. The average Bonchev–Trinajstić information content (AvgIpc) is 3.12. The third-order valence-corrected chi connectivity index (χ3v) is 7.32. The predicted octanol–water partition coefficient (Wildman–Crippen LogP) is -0.105. The molecule has 25 heavy (non-hydrogen) atoms. The minimum Gasteiger partial charge on any atom is -0.332 e. The van der Waals surface area contributed by atoms with Crippen molar-refractivity contribution in [3.63, 3.8) is 0 Å². The second-order valence-electron chi connectivity index (χ2n) is 7.02. The average molecular weight is 367 g/mol. The molecular formula is C18H28N3O3S+. The smallest absolute Gasteiger partial charge is 0.243 e. The van der Waals surface area contributed by atoms with Crippen molar-refractivity contribution in [1.29, 1.82) is 0 Å². The standard InChI is InChI=1S/C18H27N3O3S/c1-3-19-11-13-20(14-12-19)18(22)17-5-4-10-21(17)25(23,24)16-8-6-15(2)7-9-16/h6-9,17H,3-5,10-14H2,1-2H3/p+1/t17-/m0/s1. The Bertz CT molecular complexity index is 710. The summed E-state index contributed by atoms with van der Waals surface area (Å²) in [5, 5.41) is 0. The van der Waals surface area contributed by atoms with Crippen LogP contribution in [-0.4, -0.2) is 68.8 Å².